The van der Waals surface area contributed by atoms with Crippen molar-refractivity contribution >= 4 is 17.3 Å². The lowest BCUT2D eigenvalue weighted by Crippen LogP contribution is -2.46. The van der Waals surface area contributed by atoms with Crippen LogP contribution in [-0.4, -0.2) is 31.1 Å². The Morgan fingerprint density at radius 2 is 1.64 bits per heavy atom. The Labute approximate surface area is 133 Å². The summed E-state index contributed by atoms with van der Waals surface area (Å²) in [5, 5.41) is 0.743. The summed E-state index contributed by atoms with van der Waals surface area (Å²) in [5.74, 6) is -1.52. The topological polar surface area (TPSA) is 6.48 Å². The van der Waals surface area contributed by atoms with E-state index in [2.05, 4.69) is 9.80 Å². The highest BCUT2D eigenvalue weighted by Crippen LogP contribution is 2.26. The fraction of sp³-hybridized carbons (Fsp3) is 0.294. The van der Waals surface area contributed by atoms with Crippen molar-refractivity contribution in [2.45, 2.75) is 6.54 Å². The zero-order valence-corrected chi connectivity index (χ0v) is 12.9. The van der Waals surface area contributed by atoms with Crippen molar-refractivity contribution in [3.63, 3.8) is 0 Å². The standard InChI is InChI=1S/C17H17ClF2N2/c18-14-5-1-2-7-16(14)22-10-8-21(9-11-22)12-13-4-3-6-15(19)17(13)20/h1-7H,8-12H2. The van der Waals surface area contributed by atoms with Gasteiger partial charge in [-0.25, -0.2) is 8.78 Å². The molecule has 2 aromatic carbocycles. The summed E-state index contributed by atoms with van der Waals surface area (Å²) in [7, 11) is 0. The predicted molar refractivity (Wildman–Crippen MR) is 85.3 cm³/mol. The van der Waals surface area contributed by atoms with Crippen LogP contribution in [0, 0.1) is 11.6 Å². The summed E-state index contributed by atoms with van der Waals surface area (Å²) >= 11 is 6.22. The van der Waals surface area contributed by atoms with Crippen LogP contribution in [0.1, 0.15) is 5.56 Å². The van der Waals surface area contributed by atoms with E-state index in [-0.39, 0.29) is 0 Å². The van der Waals surface area contributed by atoms with Crippen molar-refractivity contribution in [2.75, 3.05) is 31.1 Å². The van der Waals surface area contributed by atoms with E-state index in [0.717, 1.165) is 43.0 Å². The van der Waals surface area contributed by atoms with E-state index >= 15 is 0 Å². The first-order chi connectivity index (χ1) is 10.6. The maximum atomic E-state index is 13.7. The van der Waals surface area contributed by atoms with Crippen LogP contribution in [0.15, 0.2) is 42.5 Å². The zero-order chi connectivity index (χ0) is 15.5. The number of halogens is 3. The lowest BCUT2D eigenvalue weighted by molar-refractivity contribution is 0.245. The largest absolute Gasteiger partial charge is 0.368 e. The predicted octanol–water partition coefficient (Wildman–Crippen LogP) is 3.94. The number of piperazine rings is 1. The molecule has 2 nitrogen and oxygen atoms in total. The first kappa shape index (κ1) is 15.3. The summed E-state index contributed by atoms with van der Waals surface area (Å²) < 4.78 is 27.0. The van der Waals surface area contributed by atoms with E-state index < -0.39 is 11.6 Å². The Morgan fingerprint density at radius 3 is 2.36 bits per heavy atom. The van der Waals surface area contributed by atoms with Gasteiger partial charge in [-0.15, -0.1) is 0 Å². The highest BCUT2D eigenvalue weighted by molar-refractivity contribution is 6.33. The van der Waals surface area contributed by atoms with Crippen LogP contribution >= 0.6 is 11.6 Å². The molecule has 22 heavy (non-hydrogen) atoms. The number of nitrogens with zero attached hydrogens (tertiary/aromatic N) is 2. The minimum atomic E-state index is -0.785. The highest BCUT2D eigenvalue weighted by Gasteiger charge is 2.20. The van der Waals surface area contributed by atoms with E-state index in [1.165, 1.54) is 0 Å². The van der Waals surface area contributed by atoms with Gasteiger partial charge in [0.2, 0.25) is 0 Å². The smallest absolute Gasteiger partial charge is 0.163 e. The molecule has 1 heterocycles. The molecule has 1 fully saturated rings. The molecular weight excluding hydrogens is 306 g/mol. The van der Waals surface area contributed by atoms with Crippen LogP contribution in [0.2, 0.25) is 5.02 Å². The third kappa shape index (κ3) is 3.23. The Kier molecular flexibility index (Phi) is 4.60. The van der Waals surface area contributed by atoms with Crippen molar-refractivity contribution in [1.82, 2.24) is 4.90 Å². The van der Waals surface area contributed by atoms with E-state index in [9.17, 15) is 8.78 Å². The second-order valence-corrected chi connectivity index (χ2v) is 5.83. The van der Waals surface area contributed by atoms with Gasteiger partial charge in [0.25, 0.3) is 0 Å². The van der Waals surface area contributed by atoms with Crippen LogP contribution in [0.5, 0.6) is 0 Å². The Morgan fingerprint density at radius 1 is 0.909 bits per heavy atom. The van der Waals surface area contributed by atoms with Crippen LogP contribution in [0.3, 0.4) is 0 Å². The van der Waals surface area contributed by atoms with Crippen LogP contribution < -0.4 is 4.90 Å². The average molecular weight is 323 g/mol. The van der Waals surface area contributed by atoms with Crippen molar-refractivity contribution < 1.29 is 8.78 Å². The van der Waals surface area contributed by atoms with Crippen molar-refractivity contribution in [1.29, 1.82) is 0 Å². The quantitative estimate of drug-likeness (QED) is 0.844. The van der Waals surface area contributed by atoms with Crippen molar-refractivity contribution in [3.8, 4) is 0 Å². The zero-order valence-electron chi connectivity index (χ0n) is 12.1. The minimum Gasteiger partial charge on any atom is -0.368 e. The molecule has 0 bridgehead atoms. The Hall–Kier alpha value is -1.65. The van der Waals surface area contributed by atoms with Gasteiger partial charge in [-0.1, -0.05) is 35.9 Å². The molecule has 0 aliphatic carbocycles. The molecule has 0 amide bonds. The lowest BCUT2D eigenvalue weighted by Gasteiger charge is -2.36. The maximum absolute atomic E-state index is 13.7. The van der Waals surface area contributed by atoms with Gasteiger partial charge in [-0.2, -0.15) is 0 Å². The molecular formula is C17H17ClF2N2. The van der Waals surface area contributed by atoms with Crippen LogP contribution in [-0.2, 0) is 6.54 Å². The van der Waals surface area contributed by atoms with Gasteiger partial charge >= 0.3 is 0 Å². The molecule has 0 spiro atoms. The molecule has 2 aromatic rings. The van der Waals surface area contributed by atoms with Gasteiger partial charge in [0.05, 0.1) is 10.7 Å². The van der Waals surface area contributed by atoms with Gasteiger partial charge < -0.3 is 4.90 Å². The van der Waals surface area contributed by atoms with Gasteiger partial charge in [-0.3, -0.25) is 4.90 Å². The third-order valence-corrected chi connectivity index (χ3v) is 4.31. The van der Waals surface area contributed by atoms with Crippen molar-refractivity contribution in [3.05, 3.63) is 64.7 Å². The minimum absolute atomic E-state index is 0.409. The Balaban J connectivity index is 1.63. The lowest BCUT2D eigenvalue weighted by atomic mass is 10.1. The first-order valence-electron chi connectivity index (χ1n) is 7.30. The number of hydrogen-bond acceptors (Lipinski definition) is 2. The average Bonchev–Trinajstić information content (AvgIpc) is 2.53. The number of rotatable bonds is 3. The highest BCUT2D eigenvalue weighted by atomic mass is 35.5. The van der Waals surface area contributed by atoms with Gasteiger partial charge in [0.15, 0.2) is 11.6 Å². The molecule has 0 atom stereocenters. The summed E-state index contributed by atoms with van der Waals surface area (Å²) in [6, 6.07) is 12.1. The number of para-hydroxylation sites is 1. The molecule has 0 aromatic heterocycles. The fourth-order valence-corrected chi connectivity index (χ4v) is 3.02. The fourth-order valence-electron chi connectivity index (χ4n) is 2.77. The first-order valence-corrected chi connectivity index (χ1v) is 7.67. The molecule has 0 saturated carbocycles. The monoisotopic (exact) mass is 322 g/mol. The summed E-state index contributed by atoms with van der Waals surface area (Å²) in [5.41, 5.74) is 1.44. The second kappa shape index (κ2) is 6.63. The van der Waals surface area contributed by atoms with E-state index in [4.69, 9.17) is 11.6 Å². The van der Waals surface area contributed by atoms with Gasteiger partial charge in [0, 0.05) is 38.3 Å². The van der Waals surface area contributed by atoms with E-state index in [1.54, 1.807) is 12.1 Å². The molecule has 3 rings (SSSR count). The third-order valence-electron chi connectivity index (χ3n) is 3.99. The number of benzene rings is 2. The molecule has 1 aliphatic heterocycles. The van der Waals surface area contributed by atoms with E-state index in [1.807, 2.05) is 24.3 Å². The maximum Gasteiger partial charge on any atom is 0.163 e. The molecule has 1 aliphatic rings. The summed E-state index contributed by atoms with van der Waals surface area (Å²) in [6.07, 6.45) is 0. The molecule has 0 radical (unpaired) electrons. The van der Waals surface area contributed by atoms with E-state index in [0.29, 0.717) is 12.1 Å². The molecule has 1 saturated heterocycles. The Bertz CT molecular complexity index is 655. The number of hydrogen-bond donors (Lipinski definition) is 0. The SMILES string of the molecule is Fc1cccc(CN2CCN(c3ccccc3Cl)CC2)c1F. The van der Waals surface area contributed by atoms with Crippen LogP contribution in [0.25, 0.3) is 0 Å². The molecule has 0 N–H and O–H groups in total. The summed E-state index contributed by atoms with van der Waals surface area (Å²) in [4.78, 5) is 4.35. The summed E-state index contributed by atoms with van der Waals surface area (Å²) in [6.45, 7) is 3.66. The molecule has 116 valence electrons. The normalized spacial score (nSPS) is 16.0. The van der Waals surface area contributed by atoms with Crippen LogP contribution in [0.4, 0.5) is 14.5 Å². The molecule has 5 heteroatoms. The number of anilines is 1. The molecule has 0 unspecified atom stereocenters. The van der Waals surface area contributed by atoms with Crippen molar-refractivity contribution in [2.24, 2.45) is 0 Å². The van der Waals surface area contributed by atoms with Gasteiger partial charge in [0.1, 0.15) is 0 Å². The van der Waals surface area contributed by atoms with Gasteiger partial charge in [-0.05, 0) is 18.2 Å². The second-order valence-electron chi connectivity index (χ2n) is 5.43.